The minimum Gasteiger partial charge on any atom is -0.489 e. The van der Waals surface area contributed by atoms with Crippen LogP contribution in [0.3, 0.4) is 0 Å². The van der Waals surface area contributed by atoms with Gasteiger partial charge in [0.1, 0.15) is 5.75 Å². The number of anilines is 1. The number of rotatable bonds is 9. The molecule has 0 radical (unpaired) electrons. The number of piperazine rings is 1. The summed E-state index contributed by atoms with van der Waals surface area (Å²) in [5.74, 6) is 1.03. The van der Waals surface area contributed by atoms with Crippen LogP contribution in [0.1, 0.15) is 39.5 Å². The maximum Gasteiger partial charge on any atom is 0.222 e. The van der Waals surface area contributed by atoms with Crippen molar-refractivity contribution in [1.29, 1.82) is 0 Å². The molecule has 0 aliphatic carbocycles. The highest BCUT2D eigenvalue weighted by Gasteiger charge is 2.25. The van der Waals surface area contributed by atoms with Gasteiger partial charge < -0.3 is 24.7 Å². The first-order chi connectivity index (χ1) is 14.4. The van der Waals surface area contributed by atoms with Crippen molar-refractivity contribution in [3.8, 4) is 5.75 Å². The molecule has 2 unspecified atom stereocenters. The van der Waals surface area contributed by atoms with E-state index in [1.54, 1.807) is 4.90 Å². The van der Waals surface area contributed by atoms with Crippen molar-refractivity contribution in [3.05, 3.63) is 24.3 Å². The van der Waals surface area contributed by atoms with E-state index >= 15 is 0 Å². The van der Waals surface area contributed by atoms with Crippen LogP contribution >= 0.6 is 0 Å². The molecule has 0 aromatic heterocycles. The third-order valence-corrected chi connectivity index (χ3v) is 5.81. The van der Waals surface area contributed by atoms with Gasteiger partial charge in [0.15, 0.2) is 0 Å². The van der Waals surface area contributed by atoms with Gasteiger partial charge in [0.25, 0.3) is 0 Å². The van der Waals surface area contributed by atoms with E-state index in [1.807, 2.05) is 32.0 Å². The van der Waals surface area contributed by atoms with Crippen molar-refractivity contribution in [2.75, 3.05) is 50.7 Å². The van der Waals surface area contributed by atoms with Crippen molar-refractivity contribution in [3.63, 3.8) is 0 Å². The lowest BCUT2D eigenvalue weighted by atomic mass is 10.1. The number of nitrogens with zero attached hydrogens (tertiary/aromatic N) is 3. The molecule has 2 fully saturated rings. The van der Waals surface area contributed by atoms with Gasteiger partial charge in [0.2, 0.25) is 5.91 Å². The Morgan fingerprint density at radius 3 is 2.37 bits per heavy atom. The van der Waals surface area contributed by atoms with Gasteiger partial charge in [-0.3, -0.25) is 9.69 Å². The highest BCUT2D eigenvalue weighted by Crippen LogP contribution is 2.29. The Hall–Kier alpha value is -1.83. The zero-order valence-electron chi connectivity index (χ0n) is 18.4. The number of hydrogen-bond donors (Lipinski definition) is 2. The summed E-state index contributed by atoms with van der Waals surface area (Å²) in [5, 5.41) is 20.8. The maximum absolute atomic E-state index is 11.9. The summed E-state index contributed by atoms with van der Waals surface area (Å²) in [7, 11) is 0. The van der Waals surface area contributed by atoms with E-state index in [-0.39, 0.29) is 12.0 Å². The second-order valence-electron chi connectivity index (χ2n) is 8.76. The number of carbonyl (C=O) groups excluding carboxylic acids is 1. The van der Waals surface area contributed by atoms with Crippen LogP contribution in [0.15, 0.2) is 24.3 Å². The fourth-order valence-electron chi connectivity index (χ4n) is 4.31. The van der Waals surface area contributed by atoms with Crippen LogP contribution in [0.5, 0.6) is 5.75 Å². The standard InChI is InChI=1S/C23H37N3O4/c1-18(2)30-22-8-4-3-7-21(22)25-13-11-24(12-14-25)16-19(27)15-20(28)17-26-10-6-5-9-23(26)29/h3-4,7-8,18-20,27-28H,5-6,9-17H2,1-2H3. The summed E-state index contributed by atoms with van der Waals surface area (Å²) in [4.78, 5) is 18.2. The molecule has 0 bridgehead atoms. The van der Waals surface area contributed by atoms with Crippen molar-refractivity contribution >= 4 is 11.6 Å². The summed E-state index contributed by atoms with van der Waals surface area (Å²) >= 11 is 0. The van der Waals surface area contributed by atoms with Gasteiger partial charge in [-0.15, -0.1) is 0 Å². The van der Waals surface area contributed by atoms with E-state index in [9.17, 15) is 15.0 Å². The normalized spacial score (nSPS) is 20.5. The van der Waals surface area contributed by atoms with Gasteiger partial charge in [-0.05, 0) is 38.8 Å². The Morgan fingerprint density at radius 2 is 1.67 bits per heavy atom. The van der Waals surface area contributed by atoms with Crippen molar-refractivity contribution < 1.29 is 19.7 Å². The van der Waals surface area contributed by atoms with Gasteiger partial charge in [0, 0.05) is 58.7 Å². The first-order valence-electron chi connectivity index (χ1n) is 11.3. The van der Waals surface area contributed by atoms with E-state index in [1.165, 1.54) is 0 Å². The van der Waals surface area contributed by atoms with E-state index in [4.69, 9.17) is 4.74 Å². The first kappa shape index (κ1) is 22.8. The van der Waals surface area contributed by atoms with Gasteiger partial charge in [0.05, 0.1) is 24.0 Å². The van der Waals surface area contributed by atoms with Crippen molar-refractivity contribution in [1.82, 2.24) is 9.80 Å². The highest BCUT2D eigenvalue weighted by atomic mass is 16.5. The number of aliphatic hydroxyl groups excluding tert-OH is 2. The third-order valence-electron chi connectivity index (χ3n) is 5.81. The number of carbonyl (C=O) groups is 1. The van der Waals surface area contributed by atoms with Gasteiger partial charge >= 0.3 is 0 Å². The van der Waals surface area contributed by atoms with Crippen LogP contribution in [0.2, 0.25) is 0 Å². The number of ether oxygens (including phenoxy) is 1. The van der Waals surface area contributed by atoms with Crippen LogP contribution in [-0.2, 0) is 4.79 Å². The Balaban J connectivity index is 1.42. The number of para-hydroxylation sites is 2. The largest absolute Gasteiger partial charge is 0.489 e. The maximum atomic E-state index is 11.9. The quantitative estimate of drug-likeness (QED) is 0.635. The lowest BCUT2D eigenvalue weighted by Gasteiger charge is -2.38. The smallest absolute Gasteiger partial charge is 0.222 e. The average molecular weight is 420 g/mol. The fraction of sp³-hybridized carbons (Fsp3) is 0.696. The Kier molecular flexibility index (Phi) is 8.36. The monoisotopic (exact) mass is 419 g/mol. The minimum absolute atomic E-state index is 0.118. The van der Waals surface area contributed by atoms with E-state index in [2.05, 4.69) is 15.9 Å². The molecule has 1 aromatic carbocycles. The molecule has 1 amide bonds. The molecule has 7 heteroatoms. The first-order valence-corrected chi connectivity index (χ1v) is 11.3. The predicted octanol–water partition coefficient (Wildman–Crippen LogP) is 1.72. The molecule has 2 aliphatic heterocycles. The number of amides is 1. The molecule has 7 nitrogen and oxygen atoms in total. The second-order valence-corrected chi connectivity index (χ2v) is 8.76. The third kappa shape index (κ3) is 6.59. The van der Waals surface area contributed by atoms with Gasteiger partial charge in [-0.25, -0.2) is 0 Å². The van der Waals surface area contributed by atoms with Crippen molar-refractivity contribution in [2.24, 2.45) is 0 Å². The zero-order valence-corrected chi connectivity index (χ0v) is 18.4. The average Bonchev–Trinajstić information content (AvgIpc) is 2.70. The molecular formula is C23H37N3O4. The van der Waals surface area contributed by atoms with Gasteiger partial charge in [-0.2, -0.15) is 0 Å². The number of likely N-dealkylation sites (tertiary alicyclic amines) is 1. The zero-order chi connectivity index (χ0) is 21.5. The highest BCUT2D eigenvalue weighted by molar-refractivity contribution is 5.76. The van der Waals surface area contributed by atoms with Crippen LogP contribution < -0.4 is 9.64 Å². The Morgan fingerprint density at radius 1 is 0.967 bits per heavy atom. The Labute approximate surface area is 180 Å². The van der Waals surface area contributed by atoms with E-state index in [0.717, 1.165) is 57.0 Å². The molecule has 3 rings (SSSR count). The molecule has 168 valence electrons. The number of benzene rings is 1. The number of piperidine rings is 1. The van der Waals surface area contributed by atoms with E-state index in [0.29, 0.717) is 25.9 Å². The number of hydrogen-bond acceptors (Lipinski definition) is 6. The summed E-state index contributed by atoms with van der Waals surface area (Å²) in [6.07, 6.45) is 1.67. The lowest BCUT2D eigenvalue weighted by Crippen LogP contribution is -2.49. The molecule has 2 saturated heterocycles. The molecule has 0 saturated carbocycles. The predicted molar refractivity (Wildman–Crippen MR) is 118 cm³/mol. The molecule has 0 spiro atoms. The minimum atomic E-state index is -0.677. The summed E-state index contributed by atoms with van der Waals surface area (Å²) < 4.78 is 5.95. The van der Waals surface area contributed by atoms with Crippen LogP contribution in [0, 0.1) is 0 Å². The summed E-state index contributed by atoms with van der Waals surface area (Å²) in [6, 6.07) is 8.14. The van der Waals surface area contributed by atoms with E-state index < -0.39 is 12.2 Å². The van der Waals surface area contributed by atoms with Crippen LogP contribution in [-0.4, -0.2) is 90.0 Å². The van der Waals surface area contributed by atoms with Crippen molar-refractivity contribution in [2.45, 2.75) is 57.8 Å². The van der Waals surface area contributed by atoms with Crippen LogP contribution in [0.25, 0.3) is 0 Å². The molecule has 2 heterocycles. The number of aliphatic hydroxyl groups is 2. The van der Waals surface area contributed by atoms with Gasteiger partial charge in [-0.1, -0.05) is 12.1 Å². The molecule has 2 atom stereocenters. The Bertz CT molecular complexity index is 676. The summed E-state index contributed by atoms with van der Waals surface area (Å²) in [6.45, 7) is 9.11. The molecule has 2 N–H and O–H groups in total. The molecule has 1 aromatic rings. The number of β-amino-alcohol motifs (C(OH)–C–C–N with tert-alkyl or cyclic N) is 2. The molecule has 30 heavy (non-hydrogen) atoms. The fourth-order valence-corrected chi connectivity index (χ4v) is 4.31. The SMILES string of the molecule is CC(C)Oc1ccccc1N1CCN(CC(O)CC(O)CN2CCCCC2=O)CC1. The topological polar surface area (TPSA) is 76.5 Å². The molecular weight excluding hydrogens is 382 g/mol. The summed E-state index contributed by atoms with van der Waals surface area (Å²) in [5.41, 5.74) is 1.12. The second kappa shape index (κ2) is 11.0. The van der Waals surface area contributed by atoms with Crippen LogP contribution in [0.4, 0.5) is 5.69 Å². The molecule has 2 aliphatic rings. The lowest BCUT2D eigenvalue weighted by molar-refractivity contribution is -0.135.